The van der Waals surface area contributed by atoms with Crippen LogP contribution >= 0.6 is 0 Å². The molecular formula is C18H30N2O. The number of likely N-dealkylation sites (tertiary alicyclic amines) is 1. The molecule has 2 rings (SSSR count). The van der Waals surface area contributed by atoms with Gasteiger partial charge >= 0.3 is 0 Å². The monoisotopic (exact) mass is 290 g/mol. The van der Waals surface area contributed by atoms with Gasteiger partial charge in [0.25, 0.3) is 0 Å². The van der Waals surface area contributed by atoms with E-state index in [1.54, 1.807) is 0 Å². The molecule has 1 aromatic carbocycles. The molecule has 2 atom stereocenters. The van der Waals surface area contributed by atoms with Crippen molar-refractivity contribution >= 4 is 0 Å². The zero-order valence-electron chi connectivity index (χ0n) is 13.2. The van der Waals surface area contributed by atoms with E-state index in [1.807, 2.05) is 0 Å². The highest BCUT2D eigenvalue weighted by Gasteiger charge is 2.28. The van der Waals surface area contributed by atoms with Crippen LogP contribution < -0.4 is 5.73 Å². The van der Waals surface area contributed by atoms with E-state index in [0.717, 1.165) is 31.8 Å². The summed E-state index contributed by atoms with van der Waals surface area (Å²) in [4.78, 5) is 2.40. The molecule has 1 heterocycles. The average Bonchev–Trinajstić information content (AvgIpc) is 2.51. The minimum absolute atomic E-state index is 0.102. The molecule has 0 spiro atoms. The Morgan fingerprint density at radius 1 is 1.24 bits per heavy atom. The van der Waals surface area contributed by atoms with Crippen molar-refractivity contribution in [3.05, 3.63) is 35.9 Å². The van der Waals surface area contributed by atoms with Crippen molar-refractivity contribution in [1.82, 2.24) is 4.90 Å². The van der Waals surface area contributed by atoms with E-state index in [1.165, 1.54) is 24.8 Å². The van der Waals surface area contributed by atoms with Gasteiger partial charge in [-0.25, -0.2) is 0 Å². The molecule has 1 aliphatic rings. The molecule has 118 valence electrons. The summed E-state index contributed by atoms with van der Waals surface area (Å²) in [7, 11) is 0. The van der Waals surface area contributed by atoms with Gasteiger partial charge in [0.2, 0.25) is 0 Å². The molecule has 3 nitrogen and oxygen atoms in total. The van der Waals surface area contributed by atoms with Crippen LogP contribution in [0.1, 0.15) is 38.2 Å². The molecule has 0 saturated carbocycles. The van der Waals surface area contributed by atoms with E-state index in [9.17, 15) is 5.11 Å². The van der Waals surface area contributed by atoms with Crippen LogP contribution in [-0.4, -0.2) is 41.8 Å². The highest BCUT2D eigenvalue weighted by Crippen LogP contribution is 2.23. The van der Waals surface area contributed by atoms with Crippen LogP contribution in [0.4, 0.5) is 0 Å². The molecule has 3 heteroatoms. The van der Waals surface area contributed by atoms with Crippen LogP contribution in [-0.2, 0) is 6.42 Å². The highest BCUT2D eigenvalue weighted by atomic mass is 16.3. The number of aliphatic hydroxyl groups is 1. The van der Waals surface area contributed by atoms with Gasteiger partial charge in [-0.15, -0.1) is 0 Å². The first-order chi connectivity index (χ1) is 10.2. The third-order valence-electron chi connectivity index (χ3n) is 4.79. The van der Waals surface area contributed by atoms with Gasteiger partial charge in [0.15, 0.2) is 0 Å². The predicted octanol–water partition coefficient (Wildman–Crippen LogP) is 2.43. The standard InChI is InChI=1S/C18H30N2O/c1-2-6-17(19)18(14-21)20-11-9-16(10-12-20)13-15-7-4-3-5-8-15/h3-5,7-8,16-18,21H,2,6,9-14,19H2,1H3. The SMILES string of the molecule is CCCC(N)C(CO)N1CCC(Cc2ccccc2)CC1. The molecule has 1 aliphatic heterocycles. The first-order valence-corrected chi connectivity index (χ1v) is 8.39. The first kappa shape index (κ1) is 16.5. The molecule has 0 amide bonds. The highest BCUT2D eigenvalue weighted by molar-refractivity contribution is 5.15. The van der Waals surface area contributed by atoms with Gasteiger partial charge in [-0.3, -0.25) is 4.90 Å². The smallest absolute Gasteiger partial charge is 0.0601 e. The second-order valence-electron chi connectivity index (χ2n) is 6.37. The van der Waals surface area contributed by atoms with Crippen LogP contribution in [0.15, 0.2) is 30.3 Å². The van der Waals surface area contributed by atoms with E-state index >= 15 is 0 Å². The molecule has 0 aliphatic carbocycles. The lowest BCUT2D eigenvalue weighted by molar-refractivity contribution is 0.0696. The van der Waals surface area contributed by atoms with Crippen molar-refractivity contribution in [2.45, 2.75) is 51.1 Å². The van der Waals surface area contributed by atoms with Gasteiger partial charge in [0.1, 0.15) is 0 Å². The third-order valence-corrected chi connectivity index (χ3v) is 4.79. The molecule has 1 saturated heterocycles. The Kier molecular flexibility index (Phi) is 6.68. The molecule has 1 aromatic rings. The van der Waals surface area contributed by atoms with Gasteiger partial charge in [0.05, 0.1) is 6.61 Å². The second kappa shape index (κ2) is 8.52. The lowest BCUT2D eigenvalue weighted by atomic mass is 9.89. The Hall–Kier alpha value is -0.900. The zero-order chi connectivity index (χ0) is 15.1. The minimum atomic E-state index is 0.102. The fraction of sp³-hybridized carbons (Fsp3) is 0.667. The van der Waals surface area contributed by atoms with Gasteiger partial charge in [0, 0.05) is 12.1 Å². The Balaban J connectivity index is 1.82. The van der Waals surface area contributed by atoms with E-state index in [-0.39, 0.29) is 18.7 Å². The summed E-state index contributed by atoms with van der Waals surface area (Å²) in [5, 5.41) is 9.65. The lowest BCUT2D eigenvalue weighted by Crippen LogP contribution is -2.52. The number of hydrogen-bond donors (Lipinski definition) is 2. The number of hydrogen-bond acceptors (Lipinski definition) is 3. The van der Waals surface area contributed by atoms with Crippen molar-refractivity contribution in [3.8, 4) is 0 Å². The van der Waals surface area contributed by atoms with Crippen LogP contribution in [0, 0.1) is 5.92 Å². The number of benzene rings is 1. The number of aliphatic hydroxyl groups excluding tert-OH is 1. The number of nitrogens with zero attached hydrogens (tertiary/aromatic N) is 1. The predicted molar refractivity (Wildman–Crippen MR) is 88.2 cm³/mol. The van der Waals surface area contributed by atoms with Gasteiger partial charge < -0.3 is 10.8 Å². The zero-order valence-corrected chi connectivity index (χ0v) is 13.2. The second-order valence-corrected chi connectivity index (χ2v) is 6.37. The summed E-state index contributed by atoms with van der Waals surface area (Å²) in [6.07, 6.45) is 5.69. The van der Waals surface area contributed by atoms with Crippen molar-refractivity contribution in [2.24, 2.45) is 11.7 Å². The van der Waals surface area contributed by atoms with Crippen molar-refractivity contribution < 1.29 is 5.11 Å². The van der Waals surface area contributed by atoms with Crippen LogP contribution in [0.2, 0.25) is 0 Å². The Bertz CT molecular complexity index is 387. The summed E-state index contributed by atoms with van der Waals surface area (Å²) in [5.74, 6) is 0.769. The van der Waals surface area contributed by atoms with Gasteiger partial charge in [-0.1, -0.05) is 43.7 Å². The summed E-state index contributed by atoms with van der Waals surface area (Å²) < 4.78 is 0. The number of nitrogens with two attached hydrogens (primary N) is 1. The Labute approximate surface area is 129 Å². The molecule has 1 fully saturated rings. The molecule has 0 aromatic heterocycles. The largest absolute Gasteiger partial charge is 0.395 e. The summed E-state index contributed by atoms with van der Waals surface area (Å²) in [6.45, 7) is 4.48. The lowest BCUT2D eigenvalue weighted by Gasteiger charge is -2.39. The maximum absolute atomic E-state index is 9.65. The average molecular weight is 290 g/mol. The fourth-order valence-corrected chi connectivity index (χ4v) is 3.48. The van der Waals surface area contributed by atoms with Crippen LogP contribution in [0.3, 0.4) is 0 Å². The fourth-order valence-electron chi connectivity index (χ4n) is 3.48. The molecule has 2 unspecified atom stereocenters. The molecule has 0 bridgehead atoms. The summed E-state index contributed by atoms with van der Waals surface area (Å²) in [5.41, 5.74) is 7.67. The van der Waals surface area contributed by atoms with E-state index < -0.39 is 0 Å². The maximum Gasteiger partial charge on any atom is 0.0601 e. The number of piperidine rings is 1. The van der Waals surface area contributed by atoms with Gasteiger partial charge in [-0.2, -0.15) is 0 Å². The quantitative estimate of drug-likeness (QED) is 0.811. The van der Waals surface area contributed by atoms with Crippen molar-refractivity contribution in [2.75, 3.05) is 19.7 Å². The Morgan fingerprint density at radius 2 is 1.90 bits per heavy atom. The summed E-state index contributed by atoms with van der Waals surface area (Å²) >= 11 is 0. The number of rotatable bonds is 7. The van der Waals surface area contributed by atoms with Crippen LogP contribution in [0.5, 0.6) is 0 Å². The molecule has 3 N–H and O–H groups in total. The molecule has 21 heavy (non-hydrogen) atoms. The first-order valence-electron chi connectivity index (χ1n) is 8.39. The Morgan fingerprint density at radius 3 is 2.48 bits per heavy atom. The van der Waals surface area contributed by atoms with E-state index in [4.69, 9.17) is 5.73 Å². The van der Waals surface area contributed by atoms with E-state index in [2.05, 4.69) is 42.2 Å². The van der Waals surface area contributed by atoms with Crippen molar-refractivity contribution in [3.63, 3.8) is 0 Å². The maximum atomic E-state index is 9.65. The minimum Gasteiger partial charge on any atom is -0.395 e. The van der Waals surface area contributed by atoms with Gasteiger partial charge in [-0.05, 0) is 50.3 Å². The summed E-state index contributed by atoms with van der Waals surface area (Å²) in [6, 6.07) is 11.0. The topological polar surface area (TPSA) is 49.5 Å². The third kappa shape index (κ3) is 4.80. The molecular weight excluding hydrogens is 260 g/mol. The normalized spacial score (nSPS) is 20.3. The molecule has 0 radical (unpaired) electrons. The van der Waals surface area contributed by atoms with E-state index in [0.29, 0.717) is 0 Å². The van der Waals surface area contributed by atoms with Crippen molar-refractivity contribution in [1.29, 1.82) is 0 Å². The van der Waals surface area contributed by atoms with Crippen LogP contribution in [0.25, 0.3) is 0 Å².